The lowest BCUT2D eigenvalue weighted by Gasteiger charge is -2.39. The van der Waals surface area contributed by atoms with Gasteiger partial charge in [-0.1, -0.05) is 43.7 Å². The monoisotopic (exact) mass is 418 g/mol. The molecule has 1 fully saturated rings. The number of benzene rings is 1. The van der Waals surface area contributed by atoms with Crippen LogP contribution in [0.15, 0.2) is 35.3 Å². The summed E-state index contributed by atoms with van der Waals surface area (Å²) < 4.78 is 11.3. The van der Waals surface area contributed by atoms with Crippen LogP contribution in [-0.2, 0) is 9.47 Å². The third-order valence-corrected chi connectivity index (χ3v) is 5.56. The van der Waals surface area contributed by atoms with E-state index in [2.05, 4.69) is 67.1 Å². The van der Waals surface area contributed by atoms with Crippen molar-refractivity contribution in [3.05, 3.63) is 35.9 Å². The Balaban J connectivity index is 1.91. The highest BCUT2D eigenvalue weighted by molar-refractivity contribution is 5.79. The highest BCUT2D eigenvalue weighted by Gasteiger charge is 2.34. The van der Waals surface area contributed by atoms with Crippen LogP contribution in [0.4, 0.5) is 0 Å². The van der Waals surface area contributed by atoms with Gasteiger partial charge in [-0.05, 0) is 45.1 Å². The summed E-state index contributed by atoms with van der Waals surface area (Å²) >= 11 is 0. The number of nitrogens with one attached hydrogen (secondary N) is 3. The molecule has 0 radical (unpaired) electrons. The molecule has 1 atom stereocenters. The predicted molar refractivity (Wildman–Crippen MR) is 125 cm³/mol. The van der Waals surface area contributed by atoms with Crippen LogP contribution >= 0.6 is 0 Å². The van der Waals surface area contributed by atoms with Crippen molar-refractivity contribution < 1.29 is 9.47 Å². The predicted octanol–water partition coefficient (Wildman–Crippen LogP) is 3.65. The van der Waals surface area contributed by atoms with E-state index in [0.29, 0.717) is 0 Å². The molecule has 1 aromatic carbocycles. The van der Waals surface area contributed by atoms with Gasteiger partial charge in [0.05, 0.1) is 6.54 Å². The second-order valence-electron chi connectivity index (χ2n) is 8.11. The molecule has 1 aromatic rings. The Labute approximate surface area is 183 Å². The Kier molecular flexibility index (Phi) is 11.8. The van der Waals surface area contributed by atoms with Crippen LogP contribution in [0.5, 0.6) is 0 Å². The number of rotatable bonds is 13. The van der Waals surface area contributed by atoms with Gasteiger partial charge in [0.2, 0.25) is 0 Å². The van der Waals surface area contributed by atoms with Gasteiger partial charge >= 0.3 is 0 Å². The molecule has 3 N–H and O–H groups in total. The highest BCUT2D eigenvalue weighted by Crippen LogP contribution is 2.26. The Morgan fingerprint density at radius 2 is 1.83 bits per heavy atom. The molecule has 1 saturated heterocycles. The fraction of sp³-hybridized carbons (Fsp3) is 0.708. The molecule has 0 aromatic heterocycles. The zero-order valence-electron chi connectivity index (χ0n) is 19.2. The molecule has 0 spiro atoms. The number of hydrogen-bond acceptors (Lipinski definition) is 4. The smallest absolute Gasteiger partial charge is 0.191 e. The van der Waals surface area contributed by atoms with E-state index in [1.807, 2.05) is 0 Å². The molecule has 6 nitrogen and oxygen atoms in total. The first kappa shape index (κ1) is 24.6. The molecule has 2 rings (SSSR count). The van der Waals surface area contributed by atoms with Crippen molar-refractivity contribution in [2.75, 3.05) is 46.1 Å². The Morgan fingerprint density at radius 3 is 2.53 bits per heavy atom. The molecule has 1 aliphatic heterocycles. The first-order valence-electron chi connectivity index (χ1n) is 11.7. The van der Waals surface area contributed by atoms with Crippen molar-refractivity contribution in [2.24, 2.45) is 4.99 Å². The molecule has 1 aliphatic rings. The van der Waals surface area contributed by atoms with E-state index < -0.39 is 0 Å². The Hall–Kier alpha value is -1.63. The van der Waals surface area contributed by atoms with Crippen molar-refractivity contribution in [1.82, 2.24) is 16.0 Å². The maximum Gasteiger partial charge on any atom is 0.191 e. The first-order valence-corrected chi connectivity index (χ1v) is 11.7. The lowest BCUT2D eigenvalue weighted by molar-refractivity contribution is 0.0374. The zero-order valence-corrected chi connectivity index (χ0v) is 19.2. The minimum atomic E-state index is -0.0425. The van der Waals surface area contributed by atoms with Crippen molar-refractivity contribution >= 4 is 5.96 Å². The first-order chi connectivity index (χ1) is 14.7. The third-order valence-electron chi connectivity index (χ3n) is 5.56. The molecule has 0 amide bonds. The van der Waals surface area contributed by atoms with Gasteiger partial charge in [-0.15, -0.1) is 0 Å². The van der Waals surface area contributed by atoms with Crippen molar-refractivity contribution in [2.45, 2.75) is 64.5 Å². The summed E-state index contributed by atoms with van der Waals surface area (Å²) in [6.07, 6.45) is 5.24. The molecule has 0 aliphatic carbocycles. The lowest BCUT2D eigenvalue weighted by atomic mass is 9.88. The summed E-state index contributed by atoms with van der Waals surface area (Å²) in [6.45, 7) is 12.2. The average Bonchev–Trinajstić information content (AvgIpc) is 2.78. The molecular weight excluding hydrogens is 376 g/mol. The van der Waals surface area contributed by atoms with Gasteiger partial charge in [0.15, 0.2) is 5.96 Å². The lowest BCUT2D eigenvalue weighted by Crippen LogP contribution is -2.53. The summed E-state index contributed by atoms with van der Waals surface area (Å²) in [5, 5.41) is 10.7. The van der Waals surface area contributed by atoms with Gasteiger partial charge in [0, 0.05) is 51.1 Å². The van der Waals surface area contributed by atoms with Gasteiger partial charge in [-0.25, -0.2) is 0 Å². The maximum absolute atomic E-state index is 5.65. The van der Waals surface area contributed by atoms with Crippen LogP contribution in [0.2, 0.25) is 0 Å². The minimum absolute atomic E-state index is 0.0425. The molecule has 0 saturated carbocycles. The second-order valence-corrected chi connectivity index (χ2v) is 8.11. The second kappa shape index (κ2) is 14.4. The SMILES string of the molecule is CCCCOCCCNC(=NCC1(NC(C)c2ccccc2)CCOCC1)NCC. The summed E-state index contributed by atoms with van der Waals surface area (Å²) in [5.74, 6) is 0.881. The van der Waals surface area contributed by atoms with E-state index in [-0.39, 0.29) is 11.6 Å². The van der Waals surface area contributed by atoms with Gasteiger partial charge in [-0.2, -0.15) is 0 Å². The van der Waals surface area contributed by atoms with Crippen molar-refractivity contribution in [3.63, 3.8) is 0 Å². The van der Waals surface area contributed by atoms with E-state index in [0.717, 1.165) is 77.7 Å². The number of ether oxygens (including phenoxy) is 2. The van der Waals surface area contributed by atoms with Gasteiger partial charge in [0.25, 0.3) is 0 Å². The van der Waals surface area contributed by atoms with Crippen LogP contribution in [0.25, 0.3) is 0 Å². The van der Waals surface area contributed by atoms with Crippen LogP contribution in [0.3, 0.4) is 0 Å². The number of aliphatic imine (C=N–C) groups is 1. The van der Waals surface area contributed by atoms with Crippen LogP contribution < -0.4 is 16.0 Å². The van der Waals surface area contributed by atoms with Crippen LogP contribution in [0.1, 0.15) is 64.5 Å². The zero-order chi connectivity index (χ0) is 21.5. The molecule has 6 heteroatoms. The van der Waals surface area contributed by atoms with E-state index in [4.69, 9.17) is 14.5 Å². The van der Waals surface area contributed by atoms with E-state index in [1.165, 1.54) is 12.0 Å². The van der Waals surface area contributed by atoms with Crippen molar-refractivity contribution in [3.8, 4) is 0 Å². The van der Waals surface area contributed by atoms with E-state index in [1.54, 1.807) is 0 Å². The summed E-state index contributed by atoms with van der Waals surface area (Å²) in [7, 11) is 0. The average molecular weight is 419 g/mol. The van der Waals surface area contributed by atoms with Gasteiger partial charge in [0.1, 0.15) is 0 Å². The fourth-order valence-electron chi connectivity index (χ4n) is 3.70. The Morgan fingerprint density at radius 1 is 1.10 bits per heavy atom. The van der Waals surface area contributed by atoms with Gasteiger partial charge < -0.3 is 25.4 Å². The maximum atomic E-state index is 5.65. The minimum Gasteiger partial charge on any atom is -0.381 e. The van der Waals surface area contributed by atoms with Crippen LogP contribution in [-0.4, -0.2) is 57.6 Å². The topological polar surface area (TPSA) is 66.9 Å². The van der Waals surface area contributed by atoms with Gasteiger partial charge in [-0.3, -0.25) is 4.99 Å². The molecule has 0 bridgehead atoms. The normalized spacial score (nSPS) is 17.5. The molecular formula is C24H42N4O2. The summed E-state index contributed by atoms with van der Waals surface area (Å²) in [5.41, 5.74) is 1.26. The number of hydrogen-bond donors (Lipinski definition) is 3. The highest BCUT2D eigenvalue weighted by atomic mass is 16.5. The Bertz CT molecular complexity index is 588. The standard InChI is InChI=1S/C24H42N4O2/c1-4-6-16-29-17-10-15-26-23(25-5-2)27-20-24(13-18-30-19-14-24)28-21(3)22-11-8-7-9-12-22/h7-9,11-12,21,28H,4-6,10,13-20H2,1-3H3,(H2,25,26,27). The summed E-state index contributed by atoms with van der Waals surface area (Å²) in [6, 6.07) is 10.9. The molecule has 170 valence electrons. The molecule has 30 heavy (non-hydrogen) atoms. The van der Waals surface area contributed by atoms with E-state index >= 15 is 0 Å². The van der Waals surface area contributed by atoms with Crippen molar-refractivity contribution in [1.29, 1.82) is 0 Å². The third kappa shape index (κ3) is 9.02. The summed E-state index contributed by atoms with van der Waals surface area (Å²) in [4.78, 5) is 4.94. The largest absolute Gasteiger partial charge is 0.381 e. The van der Waals surface area contributed by atoms with E-state index in [9.17, 15) is 0 Å². The number of nitrogens with zero attached hydrogens (tertiary/aromatic N) is 1. The quantitative estimate of drug-likeness (QED) is 0.259. The number of guanidine groups is 1. The number of unbranched alkanes of at least 4 members (excludes halogenated alkanes) is 1. The molecule has 1 unspecified atom stereocenters. The molecule has 1 heterocycles. The van der Waals surface area contributed by atoms with Crippen LogP contribution in [0, 0.1) is 0 Å². The fourth-order valence-corrected chi connectivity index (χ4v) is 3.70.